The monoisotopic (exact) mass is 230 g/mol. The zero-order chi connectivity index (χ0) is 11.7. The minimum Gasteiger partial charge on any atom is -0.497 e. The third kappa shape index (κ3) is 2.34. The predicted molar refractivity (Wildman–Crippen MR) is 65.7 cm³/mol. The molecule has 0 aliphatic carbocycles. The molecule has 17 heavy (non-hydrogen) atoms. The van der Waals surface area contributed by atoms with Gasteiger partial charge in [0.25, 0.3) is 0 Å². The normalized spacial score (nSPS) is 18.1. The molecule has 2 aromatic carbocycles. The first-order chi connectivity index (χ1) is 8.35. The van der Waals surface area contributed by atoms with Crippen LogP contribution in [0.15, 0.2) is 36.4 Å². The first-order valence-corrected chi connectivity index (χ1v) is 5.67. The van der Waals surface area contributed by atoms with Crippen molar-refractivity contribution in [2.75, 3.05) is 20.3 Å². The fourth-order valence-electron chi connectivity index (χ4n) is 1.77. The van der Waals surface area contributed by atoms with Crippen molar-refractivity contribution in [2.24, 2.45) is 0 Å². The summed E-state index contributed by atoms with van der Waals surface area (Å²) in [5.74, 6) is 1.76. The van der Waals surface area contributed by atoms with E-state index >= 15 is 0 Å². The summed E-state index contributed by atoms with van der Waals surface area (Å²) >= 11 is 0. The molecule has 1 saturated heterocycles. The van der Waals surface area contributed by atoms with Crippen molar-refractivity contribution < 1.29 is 14.2 Å². The molecule has 0 bridgehead atoms. The quantitative estimate of drug-likeness (QED) is 0.756. The van der Waals surface area contributed by atoms with Crippen molar-refractivity contribution in [1.29, 1.82) is 0 Å². The van der Waals surface area contributed by atoms with Gasteiger partial charge >= 0.3 is 0 Å². The van der Waals surface area contributed by atoms with Gasteiger partial charge in [0, 0.05) is 0 Å². The molecule has 0 N–H and O–H groups in total. The van der Waals surface area contributed by atoms with Crippen LogP contribution in [-0.4, -0.2) is 26.4 Å². The Labute approximate surface area is 99.9 Å². The highest BCUT2D eigenvalue weighted by Gasteiger charge is 2.22. The molecule has 3 rings (SSSR count). The van der Waals surface area contributed by atoms with Crippen molar-refractivity contribution in [3.05, 3.63) is 36.4 Å². The summed E-state index contributed by atoms with van der Waals surface area (Å²) in [6.07, 6.45) is 0.293. The van der Waals surface area contributed by atoms with E-state index in [0.717, 1.165) is 28.9 Å². The third-order valence-corrected chi connectivity index (χ3v) is 2.86. The van der Waals surface area contributed by atoms with Crippen molar-refractivity contribution in [3.8, 4) is 11.5 Å². The Morgan fingerprint density at radius 3 is 2.41 bits per heavy atom. The smallest absolute Gasteiger partial charge is 0.120 e. The van der Waals surface area contributed by atoms with Crippen LogP contribution in [0.25, 0.3) is 10.8 Å². The third-order valence-electron chi connectivity index (χ3n) is 2.86. The highest BCUT2D eigenvalue weighted by atomic mass is 16.6. The predicted octanol–water partition coefficient (Wildman–Crippen LogP) is 2.63. The molecule has 1 unspecified atom stereocenters. The van der Waals surface area contributed by atoms with Crippen LogP contribution in [0.3, 0.4) is 0 Å². The molecular formula is C14H14O3. The molecular weight excluding hydrogens is 216 g/mol. The second-order valence-corrected chi connectivity index (χ2v) is 4.14. The van der Waals surface area contributed by atoms with E-state index < -0.39 is 0 Å². The number of epoxide rings is 1. The van der Waals surface area contributed by atoms with Crippen molar-refractivity contribution in [3.63, 3.8) is 0 Å². The Bertz CT molecular complexity index is 532. The van der Waals surface area contributed by atoms with E-state index in [1.807, 2.05) is 36.4 Å². The van der Waals surface area contributed by atoms with Gasteiger partial charge in [-0.3, -0.25) is 0 Å². The van der Waals surface area contributed by atoms with Gasteiger partial charge in [0.2, 0.25) is 0 Å². The molecule has 1 atom stereocenters. The summed E-state index contributed by atoms with van der Waals surface area (Å²) in [5.41, 5.74) is 0. The molecule has 1 fully saturated rings. The maximum absolute atomic E-state index is 5.64. The Morgan fingerprint density at radius 1 is 1.12 bits per heavy atom. The van der Waals surface area contributed by atoms with Crippen LogP contribution in [0.5, 0.6) is 11.5 Å². The minimum absolute atomic E-state index is 0.293. The number of fused-ring (bicyclic) bond motifs is 1. The first-order valence-electron chi connectivity index (χ1n) is 5.67. The standard InChI is InChI=1S/C14H14O3/c1-15-12-4-2-11-7-13(5-3-10(11)6-12)16-8-14-9-17-14/h2-7,14H,8-9H2,1H3. The van der Waals surface area contributed by atoms with Gasteiger partial charge in [0.05, 0.1) is 13.7 Å². The topological polar surface area (TPSA) is 31.0 Å². The van der Waals surface area contributed by atoms with Crippen LogP contribution in [0.1, 0.15) is 0 Å². The summed E-state index contributed by atoms with van der Waals surface area (Å²) in [7, 11) is 1.67. The summed E-state index contributed by atoms with van der Waals surface area (Å²) in [4.78, 5) is 0. The van der Waals surface area contributed by atoms with Crippen LogP contribution in [0.4, 0.5) is 0 Å². The molecule has 88 valence electrons. The average molecular weight is 230 g/mol. The van der Waals surface area contributed by atoms with Crippen LogP contribution >= 0.6 is 0 Å². The van der Waals surface area contributed by atoms with Gasteiger partial charge in [-0.2, -0.15) is 0 Å². The molecule has 3 nitrogen and oxygen atoms in total. The van der Waals surface area contributed by atoms with Crippen molar-refractivity contribution in [2.45, 2.75) is 6.10 Å². The van der Waals surface area contributed by atoms with E-state index in [0.29, 0.717) is 12.7 Å². The van der Waals surface area contributed by atoms with E-state index in [-0.39, 0.29) is 0 Å². The second-order valence-electron chi connectivity index (χ2n) is 4.14. The van der Waals surface area contributed by atoms with E-state index in [1.54, 1.807) is 7.11 Å². The Balaban J connectivity index is 1.84. The number of hydrogen-bond acceptors (Lipinski definition) is 3. The van der Waals surface area contributed by atoms with Gasteiger partial charge in [-0.15, -0.1) is 0 Å². The SMILES string of the molecule is COc1ccc2cc(OCC3CO3)ccc2c1. The number of benzene rings is 2. The lowest BCUT2D eigenvalue weighted by molar-refractivity contribution is 0.263. The lowest BCUT2D eigenvalue weighted by Crippen LogP contribution is -2.03. The zero-order valence-electron chi connectivity index (χ0n) is 9.68. The molecule has 3 heteroatoms. The maximum Gasteiger partial charge on any atom is 0.120 e. The summed E-state index contributed by atoms with van der Waals surface area (Å²) in [6, 6.07) is 12.1. The van der Waals surface area contributed by atoms with E-state index in [4.69, 9.17) is 14.2 Å². The second kappa shape index (κ2) is 4.26. The summed E-state index contributed by atoms with van der Waals surface area (Å²) in [6.45, 7) is 1.46. The molecule has 1 heterocycles. The zero-order valence-corrected chi connectivity index (χ0v) is 9.68. The van der Waals surface area contributed by atoms with Crippen molar-refractivity contribution in [1.82, 2.24) is 0 Å². The molecule has 1 aliphatic heterocycles. The van der Waals surface area contributed by atoms with Crippen LogP contribution in [0, 0.1) is 0 Å². The lowest BCUT2D eigenvalue weighted by atomic mass is 10.1. The Kier molecular flexibility index (Phi) is 2.61. The van der Waals surface area contributed by atoms with Gasteiger partial charge in [-0.05, 0) is 35.0 Å². The molecule has 0 radical (unpaired) electrons. The highest BCUT2D eigenvalue weighted by Crippen LogP contribution is 2.25. The highest BCUT2D eigenvalue weighted by molar-refractivity contribution is 5.85. The van der Waals surface area contributed by atoms with Crippen molar-refractivity contribution >= 4 is 10.8 Å². The van der Waals surface area contributed by atoms with Crippen LogP contribution in [0.2, 0.25) is 0 Å². The number of methoxy groups -OCH3 is 1. The average Bonchev–Trinajstić information content (AvgIpc) is 3.19. The maximum atomic E-state index is 5.64. The number of hydrogen-bond donors (Lipinski definition) is 0. The van der Waals surface area contributed by atoms with Crippen LogP contribution in [-0.2, 0) is 4.74 Å². The van der Waals surface area contributed by atoms with E-state index in [2.05, 4.69) is 0 Å². The molecule has 1 aliphatic rings. The molecule has 2 aromatic rings. The molecule has 0 aromatic heterocycles. The number of rotatable bonds is 4. The summed E-state index contributed by atoms with van der Waals surface area (Å²) < 4.78 is 15.9. The fourth-order valence-corrected chi connectivity index (χ4v) is 1.77. The first kappa shape index (κ1) is 10.4. The van der Waals surface area contributed by atoms with Gasteiger partial charge in [-0.25, -0.2) is 0 Å². The van der Waals surface area contributed by atoms with Gasteiger partial charge in [0.1, 0.15) is 24.2 Å². The minimum atomic E-state index is 0.293. The fraction of sp³-hybridized carbons (Fsp3) is 0.286. The van der Waals surface area contributed by atoms with Crippen LogP contribution < -0.4 is 9.47 Å². The van der Waals surface area contributed by atoms with E-state index in [1.165, 1.54) is 0 Å². The van der Waals surface area contributed by atoms with E-state index in [9.17, 15) is 0 Å². The van der Waals surface area contributed by atoms with Gasteiger partial charge in [-0.1, -0.05) is 12.1 Å². The lowest BCUT2D eigenvalue weighted by Gasteiger charge is -2.06. The Morgan fingerprint density at radius 2 is 1.76 bits per heavy atom. The molecule has 0 spiro atoms. The van der Waals surface area contributed by atoms with Gasteiger partial charge in [0.15, 0.2) is 0 Å². The molecule has 0 amide bonds. The number of ether oxygens (including phenoxy) is 3. The Hall–Kier alpha value is -1.74. The largest absolute Gasteiger partial charge is 0.497 e. The summed E-state index contributed by atoms with van der Waals surface area (Å²) in [5, 5.41) is 2.30. The molecule has 0 saturated carbocycles. The van der Waals surface area contributed by atoms with Gasteiger partial charge < -0.3 is 14.2 Å².